The van der Waals surface area contributed by atoms with E-state index < -0.39 is 11.8 Å². The molecule has 11 heteroatoms. The van der Waals surface area contributed by atoms with Gasteiger partial charge in [0, 0.05) is 77.1 Å². The van der Waals surface area contributed by atoms with Crippen LogP contribution in [0.2, 0.25) is 0 Å². The van der Waals surface area contributed by atoms with E-state index in [0.29, 0.717) is 59.1 Å². The Morgan fingerprint density at radius 1 is 1.04 bits per heavy atom. The zero-order valence-electron chi connectivity index (χ0n) is 27.2. The summed E-state index contributed by atoms with van der Waals surface area (Å²) in [6.45, 7) is 4.63. The Kier molecular flexibility index (Phi) is 8.46. The Balaban J connectivity index is 1.34. The van der Waals surface area contributed by atoms with Crippen molar-refractivity contribution in [1.82, 2.24) is 24.1 Å². The summed E-state index contributed by atoms with van der Waals surface area (Å²) in [6.07, 6.45) is 3.32. The first-order chi connectivity index (χ1) is 22.6. The maximum Gasteiger partial charge on any atom is 0.352 e. The molecule has 3 aromatic heterocycles. The molecule has 2 atom stereocenters. The van der Waals surface area contributed by atoms with Crippen LogP contribution < -0.4 is 0 Å². The Morgan fingerprint density at radius 2 is 1.85 bits per heavy atom. The van der Waals surface area contributed by atoms with Crippen molar-refractivity contribution in [1.29, 1.82) is 0 Å². The summed E-state index contributed by atoms with van der Waals surface area (Å²) >= 11 is 3.58. The number of nitrogens with zero attached hydrogens (tertiary/aromatic N) is 5. The van der Waals surface area contributed by atoms with E-state index in [2.05, 4.69) is 37.3 Å². The Morgan fingerprint density at radius 3 is 2.66 bits per heavy atom. The lowest BCUT2D eigenvalue weighted by atomic mass is 9.87. The summed E-state index contributed by atoms with van der Waals surface area (Å²) in [5, 5.41) is 21.0. The number of thioether (sulfide) groups is 2. The molecule has 2 aliphatic rings. The van der Waals surface area contributed by atoms with Gasteiger partial charge in [0.05, 0.1) is 23.5 Å². The number of hydrogen-bond donors (Lipinski definition) is 1. The molecule has 244 valence electrons. The predicted molar refractivity (Wildman–Crippen MR) is 187 cm³/mol. The normalized spacial score (nSPS) is 18.6. The molecule has 2 unspecified atom stereocenters. The minimum absolute atomic E-state index is 0.171. The number of halogens is 1. The SMILES string of the molecule is Cc1c2c(nn1C)CSCc1cc(n(C)n1)CSC1C=C(OCCCc3c(C(=O)O)n(C)c4c-2c(F)ccc34)c2ccccc2C1C. The van der Waals surface area contributed by atoms with Gasteiger partial charge < -0.3 is 14.4 Å². The molecule has 0 saturated carbocycles. The average Bonchev–Trinajstić information content (AvgIpc) is 3.64. The van der Waals surface area contributed by atoms with Crippen molar-refractivity contribution in [3.63, 3.8) is 0 Å². The van der Waals surface area contributed by atoms with E-state index in [1.54, 1.807) is 34.1 Å². The molecule has 0 saturated heterocycles. The highest BCUT2D eigenvalue weighted by atomic mass is 32.2. The zero-order chi connectivity index (χ0) is 33.0. The van der Waals surface area contributed by atoms with Gasteiger partial charge in [0.25, 0.3) is 0 Å². The van der Waals surface area contributed by atoms with Gasteiger partial charge in [0.2, 0.25) is 0 Å². The standard InChI is InChI=1S/C36H38FN5O3S2/c1-20-24-9-6-7-10-25(24)30-16-31(20)47-18-23-15-22(38-42(23)5)17-46-19-29-32(21(2)41(4)39-29)33-28(37)13-12-27-26(11-8-14-45-30)35(36(43)44)40(3)34(27)33/h6-7,9-10,12-13,15-16,20,31H,8,11,14,17-19H2,1-5H3,(H,43,44). The highest BCUT2D eigenvalue weighted by molar-refractivity contribution is 7.99. The Labute approximate surface area is 282 Å². The minimum atomic E-state index is -1.04. The molecular formula is C36H38FN5O3S2. The van der Waals surface area contributed by atoms with Crippen molar-refractivity contribution in [3.8, 4) is 11.1 Å². The van der Waals surface area contributed by atoms with Crippen molar-refractivity contribution in [2.24, 2.45) is 21.1 Å². The van der Waals surface area contributed by atoms with Crippen molar-refractivity contribution < 1.29 is 19.0 Å². The van der Waals surface area contributed by atoms with E-state index in [-0.39, 0.29) is 10.9 Å². The van der Waals surface area contributed by atoms with Gasteiger partial charge in [-0.15, -0.1) is 23.5 Å². The van der Waals surface area contributed by atoms with Crippen LogP contribution in [0.5, 0.6) is 0 Å². The second kappa shape index (κ2) is 12.6. The van der Waals surface area contributed by atoms with E-state index in [0.717, 1.165) is 45.2 Å². The summed E-state index contributed by atoms with van der Waals surface area (Å²) in [6, 6.07) is 13.8. The number of aromatic carboxylic acids is 1. The first kappa shape index (κ1) is 31.6. The molecule has 1 aliphatic heterocycles. The number of aromatic nitrogens is 5. The van der Waals surface area contributed by atoms with Crippen molar-refractivity contribution in [2.75, 3.05) is 6.61 Å². The number of carbonyl (C=O) groups is 1. The van der Waals surface area contributed by atoms with Gasteiger partial charge in [-0.2, -0.15) is 10.2 Å². The third-order valence-corrected chi connectivity index (χ3v) is 11.9. The first-order valence-corrected chi connectivity index (χ1v) is 18.0. The number of rotatable bonds is 1. The van der Waals surface area contributed by atoms with Crippen molar-refractivity contribution >= 4 is 46.2 Å². The maximum atomic E-state index is 16.0. The molecule has 0 fully saturated rings. The third kappa shape index (κ3) is 5.57. The Bertz CT molecular complexity index is 2060. The van der Waals surface area contributed by atoms with Crippen LogP contribution in [0, 0.1) is 12.7 Å². The summed E-state index contributed by atoms with van der Waals surface area (Å²) in [4.78, 5) is 12.7. The molecule has 0 radical (unpaired) electrons. The smallest absolute Gasteiger partial charge is 0.352 e. The van der Waals surface area contributed by atoms with Crippen molar-refractivity contribution in [3.05, 3.63) is 99.5 Å². The van der Waals surface area contributed by atoms with Gasteiger partial charge in [0.1, 0.15) is 17.3 Å². The molecule has 5 aromatic rings. The largest absolute Gasteiger partial charge is 0.493 e. The fourth-order valence-electron chi connectivity index (χ4n) is 7.11. The number of carboxylic acids is 1. The van der Waals surface area contributed by atoms with Gasteiger partial charge in [-0.05, 0) is 61.1 Å². The van der Waals surface area contributed by atoms with Gasteiger partial charge in [0.15, 0.2) is 0 Å². The maximum absolute atomic E-state index is 16.0. The molecule has 8 bridgehead atoms. The van der Waals surface area contributed by atoms with Crippen LogP contribution in [-0.2, 0) is 49.6 Å². The fourth-order valence-corrected chi connectivity index (χ4v) is 9.24. The minimum Gasteiger partial charge on any atom is -0.493 e. The molecule has 0 amide bonds. The second-order valence-corrected chi connectivity index (χ2v) is 14.6. The number of benzene rings is 2. The van der Waals surface area contributed by atoms with Crippen LogP contribution in [0.25, 0.3) is 27.8 Å². The van der Waals surface area contributed by atoms with Gasteiger partial charge in [-0.1, -0.05) is 31.2 Å². The molecule has 1 aliphatic carbocycles. The molecule has 7 rings (SSSR count). The summed E-state index contributed by atoms with van der Waals surface area (Å²) in [7, 11) is 5.57. The van der Waals surface area contributed by atoms with E-state index in [9.17, 15) is 9.90 Å². The van der Waals surface area contributed by atoms with E-state index in [1.807, 2.05) is 43.5 Å². The first-order valence-electron chi connectivity index (χ1n) is 15.8. The average molecular weight is 672 g/mol. The van der Waals surface area contributed by atoms with Crippen LogP contribution in [0.3, 0.4) is 0 Å². The number of fused-ring (bicyclic) bond motifs is 7. The summed E-state index contributed by atoms with van der Waals surface area (Å²) in [5.74, 6) is 1.80. The monoisotopic (exact) mass is 671 g/mol. The predicted octanol–water partition coefficient (Wildman–Crippen LogP) is 7.61. The number of hydrogen-bond acceptors (Lipinski definition) is 6. The molecule has 4 heterocycles. The Hall–Kier alpha value is -3.96. The van der Waals surface area contributed by atoms with E-state index in [1.165, 1.54) is 11.6 Å². The molecule has 1 N–H and O–H groups in total. The van der Waals surface area contributed by atoms with Crippen LogP contribution in [-0.4, -0.2) is 47.1 Å². The number of aryl methyl sites for hydroxylation is 4. The highest BCUT2D eigenvalue weighted by Gasteiger charge is 2.30. The van der Waals surface area contributed by atoms with Crippen LogP contribution in [0.1, 0.15) is 69.2 Å². The highest BCUT2D eigenvalue weighted by Crippen LogP contribution is 2.43. The molecule has 47 heavy (non-hydrogen) atoms. The van der Waals surface area contributed by atoms with Crippen LogP contribution in [0.15, 0.2) is 48.5 Å². The van der Waals surface area contributed by atoms with E-state index in [4.69, 9.17) is 14.9 Å². The lowest BCUT2D eigenvalue weighted by Gasteiger charge is -2.30. The summed E-state index contributed by atoms with van der Waals surface area (Å²) in [5.41, 5.74) is 8.64. The molecule has 0 spiro atoms. The third-order valence-electron chi connectivity index (χ3n) is 9.56. The van der Waals surface area contributed by atoms with Crippen LogP contribution in [0.4, 0.5) is 4.39 Å². The van der Waals surface area contributed by atoms with Gasteiger partial charge in [-0.25, -0.2) is 9.18 Å². The fraction of sp³-hybridized carbons (Fsp3) is 0.361. The number of carboxylic acid groups (broad SMARTS) is 1. The molecular weight excluding hydrogens is 634 g/mol. The summed E-state index contributed by atoms with van der Waals surface area (Å²) < 4.78 is 27.9. The lowest BCUT2D eigenvalue weighted by molar-refractivity contribution is 0.0685. The van der Waals surface area contributed by atoms with Crippen LogP contribution >= 0.6 is 23.5 Å². The topological polar surface area (TPSA) is 87.1 Å². The second-order valence-electron chi connectivity index (χ2n) is 12.4. The zero-order valence-corrected chi connectivity index (χ0v) is 28.8. The lowest BCUT2D eigenvalue weighted by Crippen LogP contribution is -2.19. The van der Waals surface area contributed by atoms with Gasteiger partial charge in [-0.3, -0.25) is 9.36 Å². The quantitative estimate of drug-likeness (QED) is 0.196. The molecule has 8 nitrogen and oxygen atoms in total. The van der Waals surface area contributed by atoms with Crippen molar-refractivity contribution in [2.45, 2.75) is 55.1 Å². The number of ether oxygens (including phenoxy) is 1. The van der Waals surface area contributed by atoms with Gasteiger partial charge >= 0.3 is 5.97 Å². The molecule has 2 aromatic carbocycles. The van der Waals surface area contributed by atoms with E-state index >= 15 is 4.39 Å².